The number of fused-ring (bicyclic) bond motifs is 1. The molecule has 1 aliphatic heterocycles. The minimum atomic E-state index is -0.288. The van der Waals surface area contributed by atoms with Crippen LogP contribution in [0.25, 0.3) is 0 Å². The number of rotatable bonds is 3. The highest BCUT2D eigenvalue weighted by Gasteiger charge is 2.37. The Bertz CT molecular complexity index is 570. The molecule has 1 aliphatic carbocycles. The molecule has 0 aromatic heterocycles. The van der Waals surface area contributed by atoms with Gasteiger partial charge < -0.3 is 15.8 Å². The molecule has 0 bridgehead atoms. The summed E-state index contributed by atoms with van der Waals surface area (Å²) >= 11 is 0. The maximum Gasteiger partial charge on any atom is 0.223 e. The van der Waals surface area contributed by atoms with Crippen molar-refractivity contribution in [3.63, 3.8) is 0 Å². The zero-order valence-electron chi connectivity index (χ0n) is 13.4. The van der Waals surface area contributed by atoms with Gasteiger partial charge in [-0.3, -0.25) is 4.79 Å². The van der Waals surface area contributed by atoms with Crippen molar-refractivity contribution in [2.75, 3.05) is 5.73 Å². The van der Waals surface area contributed by atoms with Crippen molar-refractivity contribution >= 4 is 24.0 Å². The largest absolute Gasteiger partial charge is 0.487 e. The summed E-state index contributed by atoms with van der Waals surface area (Å²) in [5.74, 6) is 1.64. The van der Waals surface area contributed by atoms with Gasteiger partial charge in [0, 0.05) is 23.6 Å². The van der Waals surface area contributed by atoms with E-state index in [2.05, 4.69) is 19.2 Å². The van der Waals surface area contributed by atoms with E-state index >= 15 is 0 Å². The molecule has 122 valence electrons. The van der Waals surface area contributed by atoms with Crippen molar-refractivity contribution < 1.29 is 9.53 Å². The molecular formula is C17H25ClN2O2. The van der Waals surface area contributed by atoms with Gasteiger partial charge in [-0.25, -0.2) is 0 Å². The van der Waals surface area contributed by atoms with Crippen molar-refractivity contribution in [3.8, 4) is 5.75 Å². The van der Waals surface area contributed by atoms with Crippen LogP contribution in [0.3, 0.4) is 0 Å². The first-order valence-electron chi connectivity index (χ1n) is 7.74. The first-order chi connectivity index (χ1) is 9.85. The highest BCUT2D eigenvalue weighted by atomic mass is 35.5. The van der Waals surface area contributed by atoms with Crippen LogP contribution in [-0.4, -0.2) is 11.5 Å². The molecule has 1 heterocycles. The second kappa shape index (κ2) is 5.99. The van der Waals surface area contributed by atoms with E-state index in [1.165, 1.54) is 12.8 Å². The number of anilines is 1. The molecule has 0 spiro atoms. The fraction of sp³-hybridized carbons (Fsp3) is 0.588. The Labute approximate surface area is 138 Å². The van der Waals surface area contributed by atoms with Crippen molar-refractivity contribution in [3.05, 3.63) is 23.8 Å². The van der Waals surface area contributed by atoms with E-state index in [1.807, 2.05) is 25.1 Å². The number of benzene rings is 1. The molecule has 22 heavy (non-hydrogen) atoms. The number of ether oxygens (including phenoxy) is 1. The van der Waals surface area contributed by atoms with Crippen LogP contribution in [0.4, 0.5) is 5.69 Å². The Balaban J connectivity index is 0.00000176. The Morgan fingerprint density at radius 3 is 2.73 bits per heavy atom. The number of hydrogen-bond donors (Lipinski definition) is 2. The summed E-state index contributed by atoms with van der Waals surface area (Å²) in [7, 11) is 0. The van der Waals surface area contributed by atoms with Gasteiger partial charge in [0.1, 0.15) is 11.4 Å². The van der Waals surface area contributed by atoms with E-state index in [1.54, 1.807) is 0 Å². The molecule has 1 fully saturated rings. The summed E-state index contributed by atoms with van der Waals surface area (Å²) in [6, 6.07) is 5.62. The van der Waals surface area contributed by atoms with Gasteiger partial charge in [-0.2, -0.15) is 0 Å². The van der Waals surface area contributed by atoms with E-state index in [4.69, 9.17) is 10.5 Å². The predicted octanol–water partition coefficient (Wildman–Crippen LogP) is 3.46. The predicted molar refractivity (Wildman–Crippen MR) is 90.2 cm³/mol. The van der Waals surface area contributed by atoms with Crippen molar-refractivity contribution in [2.24, 2.45) is 11.8 Å². The molecule has 2 atom stereocenters. The minimum Gasteiger partial charge on any atom is -0.487 e. The smallest absolute Gasteiger partial charge is 0.223 e. The van der Waals surface area contributed by atoms with Gasteiger partial charge in [0.05, 0.1) is 6.04 Å². The lowest BCUT2D eigenvalue weighted by Crippen LogP contribution is -2.42. The van der Waals surface area contributed by atoms with Crippen LogP contribution in [0.15, 0.2) is 18.2 Å². The maximum atomic E-state index is 12.4. The molecule has 2 aliphatic rings. The molecule has 1 saturated carbocycles. The van der Waals surface area contributed by atoms with E-state index in [-0.39, 0.29) is 35.9 Å². The van der Waals surface area contributed by atoms with Gasteiger partial charge in [-0.1, -0.05) is 6.92 Å². The number of nitrogens with one attached hydrogen (secondary N) is 1. The van der Waals surface area contributed by atoms with Crippen LogP contribution in [-0.2, 0) is 4.79 Å². The van der Waals surface area contributed by atoms with Crippen LogP contribution in [0.2, 0.25) is 0 Å². The fourth-order valence-electron chi connectivity index (χ4n) is 3.12. The summed E-state index contributed by atoms with van der Waals surface area (Å²) < 4.78 is 6.00. The van der Waals surface area contributed by atoms with Gasteiger partial charge >= 0.3 is 0 Å². The van der Waals surface area contributed by atoms with Crippen molar-refractivity contribution in [1.29, 1.82) is 0 Å². The fourth-order valence-corrected chi connectivity index (χ4v) is 3.12. The van der Waals surface area contributed by atoms with Crippen LogP contribution < -0.4 is 15.8 Å². The lowest BCUT2D eigenvalue weighted by atomic mass is 9.89. The third-order valence-electron chi connectivity index (χ3n) is 4.55. The Morgan fingerprint density at radius 2 is 2.09 bits per heavy atom. The third kappa shape index (κ3) is 3.49. The summed E-state index contributed by atoms with van der Waals surface area (Å²) in [4.78, 5) is 12.4. The highest BCUT2D eigenvalue weighted by molar-refractivity contribution is 5.85. The van der Waals surface area contributed by atoms with Gasteiger partial charge in [-0.05, 0) is 50.8 Å². The van der Waals surface area contributed by atoms with Crippen molar-refractivity contribution in [1.82, 2.24) is 5.32 Å². The summed E-state index contributed by atoms with van der Waals surface area (Å²) in [5.41, 5.74) is 7.30. The molecule has 3 N–H and O–H groups in total. The summed E-state index contributed by atoms with van der Waals surface area (Å²) in [5, 5.41) is 3.20. The Kier molecular flexibility index (Phi) is 4.62. The van der Waals surface area contributed by atoms with Gasteiger partial charge in [0.15, 0.2) is 0 Å². The van der Waals surface area contributed by atoms with Crippen LogP contribution in [0.1, 0.15) is 51.6 Å². The monoisotopic (exact) mass is 324 g/mol. The SMILES string of the molecule is CC(C(=O)NC1CC(C)(C)Oc2ccc(N)cc21)C1CC1.Cl. The maximum absolute atomic E-state index is 12.4. The normalized spacial score (nSPS) is 23.5. The number of halogens is 1. The molecule has 1 amide bonds. The number of nitrogens with two attached hydrogens (primary N) is 1. The zero-order valence-corrected chi connectivity index (χ0v) is 14.2. The number of carbonyl (C=O) groups is 1. The summed E-state index contributed by atoms with van der Waals surface area (Å²) in [6.07, 6.45) is 3.11. The lowest BCUT2D eigenvalue weighted by molar-refractivity contribution is -0.126. The molecule has 1 aromatic carbocycles. The minimum absolute atomic E-state index is 0. The third-order valence-corrected chi connectivity index (χ3v) is 4.55. The zero-order chi connectivity index (χ0) is 15.2. The molecule has 1 aromatic rings. The van der Waals surface area contributed by atoms with E-state index in [9.17, 15) is 4.79 Å². The first-order valence-corrected chi connectivity index (χ1v) is 7.74. The quantitative estimate of drug-likeness (QED) is 0.837. The van der Waals surface area contributed by atoms with E-state index < -0.39 is 0 Å². The molecule has 5 heteroatoms. The topological polar surface area (TPSA) is 64.3 Å². The second-order valence-corrected chi connectivity index (χ2v) is 7.05. The Morgan fingerprint density at radius 1 is 1.41 bits per heavy atom. The molecule has 4 nitrogen and oxygen atoms in total. The molecule has 0 saturated heterocycles. The number of hydrogen-bond acceptors (Lipinski definition) is 3. The molecule has 3 rings (SSSR count). The highest BCUT2D eigenvalue weighted by Crippen LogP contribution is 2.41. The van der Waals surface area contributed by atoms with Crippen LogP contribution >= 0.6 is 12.4 Å². The van der Waals surface area contributed by atoms with Crippen molar-refractivity contribution in [2.45, 2.75) is 51.7 Å². The molecular weight excluding hydrogens is 300 g/mol. The van der Waals surface area contributed by atoms with Gasteiger partial charge in [0.25, 0.3) is 0 Å². The number of amides is 1. The van der Waals surface area contributed by atoms with Crippen LogP contribution in [0.5, 0.6) is 5.75 Å². The van der Waals surface area contributed by atoms with Gasteiger partial charge in [0.2, 0.25) is 5.91 Å². The second-order valence-electron chi connectivity index (χ2n) is 7.05. The standard InChI is InChI=1S/C17H24N2O2.ClH/c1-10(11-4-5-11)16(20)19-14-9-17(2,3)21-15-7-6-12(18)8-13(14)15;/h6-8,10-11,14H,4-5,9,18H2,1-3H3,(H,19,20);1H. The molecule has 0 radical (unpaired) electrons. The average Bonchev–Trinajstić information content (AvgIpc) is 3.22. The van der Waals surface area contributed by atoms with E-state index in [0.717, 1.165) is 17.7 Å². The molecule has 2 unspecified atom stereocenters. The average molecular weight is 325 g/mol. The lowest BCUT2D eigenvalue weighted by Gasteiger charge is -2.38. The number of carbonyl (C=O) groups excluding carboxylic acids is 1. The first kappa shape index (κ1) is 16.9. The summed E-state index contributed by atoms with van der Waals surface area (Å²) in [6.45, 7) is 6.13. The van der Waals surface area contributed by atoms with Crippen LogP contribution in [0, 0.1) is 11.8 Å². The van der Waals surface area contributed by atoms with Gasteiger partial charge in [-0.15, -0.1) is 12.4 Å². The Hall–Kier alpha value is -1.42. The van der Waals surface area contributed by atoms with E-state index in [0.29, 0.717) is 11.6 Å². The number of nitrogen functional groups attached to an aromatic ring is 1.